The molecule has 0 saturated carbocycles. The van der Waals surface area contributed by atoms with Crippen molar-refractivity contribution in [1.29, 1.82) is 0 Å². The molecule has 2 aromatic rings. The fourth-order valence-electron chi connectivity index (χ4n) is 4.44. The molecule has 0 bridgehead atoms. The summed E-state index contributed by atoms with van der Waals surface area (Å²) in [6.07, 6.45) is 1.39. The van der Waals surface area contributed by atoms with Gasteiger partial charge in [0.05, 0.1) is 0 Å². The maximum Gasteiger partial charge on any atom is 0.163 e. The SMILES string of the molecule is CC(C)c1ccc(C(=O)CCc2c(C(C)C)cc(C(C)C)cc2C(C)C)c(C(C)C)c1. The molecule has 2 aromatic carbocycles. The predicted octanol–water partition coefficient (Wildman–Crippen LogP) is 9.12. The first-order chi connectivity index (χ1) is 14.4. The van der Waals surface area contributed by atoms with E-state index >= 15 is 0 Å². The van der Waals surface area contributed by atoms with Gasteiger partial charge < -0.3 is 0 Å². The lowest BCUT2D eigenvalue weighted by atomic mass is 9.82. The summed E-state index contributed by atoms with van der Waals surface area (Å²) >= 11 is 0. The molecular formula is C30H44O. The number of Topliss-reactive ketones (excluding diaryl/α,β-unsaturated/α-hetero) is 1. The predicted molar refractivity (Wildman–Crippen MR) is 136 cm³/mol. The molecule has 0 aliphatic heterocycles. The van der Waals surface area contributed by atoms with Gasteiger partial charge in [-0.15, -0.1) is 0 Å². The first-order valence-corrected chi connectivity index (χ1v) is 12.3. The fourth-order valence-corrected chi connectivity index (χ4v) is 4.44. The van der Waals surface area contributed by atoms with Gasteiger partial charge in [-0.1, -0.05) is 99.6 Å². The third-order valence-corrected chi connectivity index (χ3v) is 6.52. The summed E-state index contributed by atoms with van der Waals surface area (Å²) in [5.41, 5.74) is 9.06. The fraction of sp³-hybridized carbons (Fsp3) is 0.567. The summed E-state index contributed by atoms with van der Waals surface area (Å²) < 4.78 is 0. The number of ketones is 1. The normalized spacial score (nSPS) is 12.1. The summed E-state index contributed by atoms with van der Waals surface area (Å²) in [5, 5.41) is 0. The molecule has 170 valence electrons. The van der Waals surface area contributed by atoms with Crippen LogP contribution in [0.25, 0.3) is 0 Å². The first kappa shape index (κ1) is 25.4. The zero-order valence-electron chi connectivity index (χ0n) is 21.6. The van der Waals surface area contributed by atoms with Gasteiger partial charge in [0, 0.05) is 12.0 Å². The Morgan fingerprint density at radius 1 is 0.613 bits per heavy atom. The van der Waals surface area contributed by atoms with Gasteiger partial charge in [-0.25, -0.2) is 0 Å². The van der Waals surface area contributed by atoms with Crippen LogP contribution in [0.5, 0.6) is 0 Å². The second-order valence-corrected chi connectivity index (χ2v) is 10.7. The van der Waals surface area contributed by atoms with Crippen molar-refractivity contribution in [2.24, 2.45) is 0 Å². The quantitative estimate of drug-likeness (QED) is 0.370. The lowest BCUT2D eigenvalue weighted by Crippen LogP contribution is -2.11. The summed E-state index contributed by atoms with van der Waals surface area (Å²) in [5.74, 6) is 2.52. The molecule has 0 amide bonds. The van der Waals surface area contributed by atoms with Crippen LogP contribution in [0.15, 0.2) is 30.3 Å². The molecule has 0 spiro atoms. The Morgan fingerprint density at radius 3 is 1.48 bits per heavy atom. The van der Waals surface area contributed by atoms with Crippen LogP contribution in [0.1, 0.15) is 149 Å². The Labute approximate surface area is 191 Å². The average molecular weight is 421 g/mol. The van der Waals surface area contributed by atoms with Crippen molar-refractivity contribution >= 4 is 5.78 Å². The largest absolute Gasteiger partial charge is 0.294 e. The van der Waals surface area contributed by atoms with Crippen LogP contribution in [0.4, 0.5) is 0 Å². The number of hydrogen-bond donors (Lipinski definition) is 0. The minimum atomic E-state index is 0.274. The molecule has 0 heterocycles. The molecule has 0 aliphatic rings. The van der Waals surface area contributed by atoms with Crippen molar-refractivity contribution in [3.63, 3.8) is 0 Å². The number of rotatable bonds is 9. The van der Waals surface area contributed by atoms with Gasteiger partial charge in [0.1, 0.15) is 0 Å². The maximum atomic E-state index is 13.4. The van der Waals surface area contributed by atoms with E-state index in [9.17, 15) is 4.79 Å². The number of carbonyl (C=O) groups is 1. The molecule has 2 rings (SSSR count). The molecule has 0 N–H and O–H groups in total. The van der Waals surface area contributed by atoms with Crippen molar-refractivity contribution in [2.45, 2.75) is 112 Å². The highest BCUT2D eigenvalue weighted by Gasteiger charge is 2.20. The zero-order chi connectivity index (χ0) is 23.5. The van der Waals surface area contributed by atoms with Crippen molar-refractivity contribution in [2.75, 3.05) is 0 Å². The van der Waals surface area contributed by atoms with Crippen molar-refractivity contribution in [3.05, 3.63) is 69.3 Å². The van der Waals surface area contributed by atoms with Crippen molar-refractivity contribution in [1.82, 2.24) is 0 Å². The minimum absolute atomic E-state index is 0.274. The summed E-state index contributed by atoms with van der Waals surface area (Å²) in [4.78, 5) is 13.4. The van der Waals surface area contributed by atoms with E-state index in [-0.39, 0.29) is 5.78 Å². The van der Waals surface area contributed by atoms with E-state index in [0.29, 0.717) is 36.0 Å². The van der Waals surface area contributed by atoms with Crippen LogP contribution in [0.2, 0.25) is 0 Å². The molecule has 0 aliphatic carbocycles. The van der Waals surface area contributed by atoms with Crippen LogP contribution in [-0.2, 0) is 6.42 Å². The van der Waals surface area contributed by atoms with Crippen LogP contribution in [0, 0.1) is 0 Å². The van der Waals surface area contributed by atoms with Gasteiger partial charge in [-0.3, -0.25) is 4.79 Å². The van der Waals surface area contributed by atoms with E-state index in [0.717, 1.165) is 12.0 Å². The summed E-state index contributed by atoms with van der Waals surface area (Å²) in [6.45, 7) is 22.4. The van der Waals surface area contributed by atoms with Gasteiger partial charge in [-0.05, 0) is 69.4 Å². The minimum Gasteiger partial charge on any atom is -0.294 e. The monoisotopic (exact) mass is 420 g/mol. The van der Waals surface area contributed by atoms with Crippen LogP contribution < -0.4 is 0 Å². The van der Waals surface area contributed by atoms with E-state index in [1.807, 2.05) is 0 Å². The molecule has 1 nitrogen and oxygen atoms in total. The van der Waals surface area contributed by atoms with Crippen LogP contribution in [-0.4, -0.2) is 5.78 Å². The van der Waals surface area contributed by atoms with Gasteiger partial charge in [0.25, 0.3) is 0 Å². The molecule has 1 heteroatoms. The molecule has 0 aromatic heterocycles. The third-order valence-electron chi connectivity index (χ3n) is 6.52. The highest BCUT2D eigenvalue weighted by atomic mass is 16.1. The van der Waals surface area contributed by atoms with Gasteiger partial charge in [0.15, 0.2) is 5.78 Å². The summed E-state index contributed by atoms with van der Waals surface area (Å²) in [6, 6.07) is 11.2. The highest BCUT2D eigenvalue weighted by Crippen LogP contribution is 2.33. The van der Waals surface area contributed by atoms with E-state index in [2.05, 4.69) is 99.6 Å². The average Bonchev–Trinajstić information content (AvgIpc) is 2.70. The maximum absolute atomic E-state index is 13.4. The summed E-state index contributed by atoms with van der Waals surface area (Å²) in [7, 11) is 0. The topological polar surface area (TPSA) is 17.1 Å². The van der Waals surface area contributed by atoms with E-state index < -0.39 is 0 Å². The standard InChI is InChI=1S/C30H44O/c1-18(2)23-11-12-26(29(15-23)22(9)10)30(31)14-13-25-27(20(5)6)16-24(19(3)4)17-28(25)21(7)8/h11-12,15-22H,13-14H2,1-10H3. The Hall–Kier alpha value is -1.89. The number of carbonyl (C=O) groups excluding carboxylic acids is 1. The Bertz CT molecular complexity index is 868. The van der Waals surface area contributed by atoms with Gasteiger partial charge in [0.2, 0.25) is 0 Å². The second kappa shape index (κ2) is 10.6. The lowest BCUT2D eigenvalue weighted by Gasteiger charge is -2.23. The molecule has 0 saturated heterocycles. The highest BCUT2D eigenvalue weighted by molar-refractivity contribution is 5.98. The van der Waals surface area contributed by atoms with Crippen LogP contribution in [0.3, 0.4) is 0 Å². The Balaban J connectivity index is 2.41. The van der Waals surface area contributed by atoms with Crippen molar-refractivity contribution in [3.8, 4) is 0 Å². The Kier molecular flexibility index (Phi) is 8.69. The van der Waals surface area contributed by atoms with E-state index in [1.54, 1.807) is 0 Å². The molecule has 31 heavy (non-hydrogen) atoms. The smallest absolute Gasteiger partial charge is 0.163 e. The number of benzene rings is 2. The van der Waals surface area contributed by atoms with Gasteiger partial charge >= 0.3 is 0 Å². The molecule has 0 fully saturated rings. The third kappa shape index (κ3) is 6.09. The molecule has 0 radical (unpaired) electrons. The molecule has 0 unspecified atom stereocenters. The van der Waals surface area contributed by atoms with Gasteiger partial charge in [-0.2, -0.15) is 0 Å². The van der Waals surface area contributed by atoms with Crippen LogP contribution >= 0.6 is 0 Å². The lowest BCUT2D eigenvalue weighted by molar-refractivity contribution is 0.0981. The molecular weight excluding hydrogens is 376 g/mol. The first-order valence-electron chi connectivity index (χ1n) is 12.3. The second-order valence-electron chi connectivity index (χ2n) is 10.7. The number of hydrogen-bond acceptors (Lipinski definition) is 1. The Morgan fingerprint density at radius 2 is 1.06 bits per heavy atom. The van der Waals surface area contributed by atoms with E-state index in [4.69, 9.17) is 0 Å². The van der Waals surface area contributed by atoms with Crippen molar-refractivity contribution < 1.29 is 4.79 Å². The molecule has 0 atom stereocenters. The van der Waals surface area contributed by atoms with E-state index in [1.165, 1.54) is 33.4 Å². The zero-order valence-corrected chi connectivity index (χ0v) is 21.6.